The average Bonchev–Trinajstić information content (AvgIpc) is 2.27. The van der Waals surface area contributed by atoms with Gasteiger partial charge in [0.15, 0.2) is 5.75 Å². The van der Waals surface area contributed by atoms with Gasteiger partial charge in [-0.15, -0.1) is 0 Å². The summed E-state index contributed by atoms with van der Waals surface area (Å²) in [5.74, 6) is -1.42. The van der Waals surface area contributed by atoms with Gasteiger partial charge in [-0.25, -0.2) is 9.59 Å². The van der Waals surface area contributed by atoms with Gasteiger partial charge < -0.3 is 14.3 Å². The number of rotatable bonds is 4. The molecule has 93 valence electrons. The Morgan fingerprint density at radius 1 is 1.33 bits per heavy atom. The Labute approximate surface area is 101 Å². The molecule has 0 fully saturated rings. The van der Waals surface area contributed by atoms with E-state index in [1.165, 1.54) is 24.3 Å². The molecular formula is C12H9O6. The van der Waals surface area contributed by atoms with Gasteiger partial charge in [0, 0.05) is 17.5 Å². The van der Waals surface area contributed by atoms with Gasteiger partial charge in [-0.3, -0.25) is 5.11 Å². The minimum absolute atomic E-state index is 0.0351. The minimum Gasteiger partial charge on any atom is -0.480 e. The van der Waals surface area contributed by atoms with Gasteiger partial charge in [-0.05, 0) is 17.7 Å². The lowest BCUT2D eigenvalue weighted by molar-refractivity contribution is -0.142. The maximum Gasteiger partial charge on any atom is 0.336 e. The predicted molar refractivity (Wildman–Crippen MR) is 59.9 cm³/mol. The van der Waals surface area contributed by atoms with E-state index in [4.69, 9.17) is 14.3 Å². The molecular weight excluding hydrogens is 240 g/mol. The Morgan fingerprint density at radius 2 is 2.11 bits per heavy atom. The maximum atomic E-state index is 11.4. The zero-order valence-corrected chi connectivity index (χ0v) is 9.21. The van der Waals surface area contributed by atoms with Crippen molar-refractivity contribution < 1.29 is 24.2 Å². The van der Waals surface area contributed by atoms with Crippen LogP contribution in [0, 0.1) is 0 Å². The quantitative estimate of drug-likeness (QED) is 0.829. The molecule has 1 aromatic heterocycles. The summed E-state index contributed by atoms with van der Waals surface area (Å²) in [6, 6.07) is 5.27. The molecule has 0 aliphatic heterocycles. The Kier molecular flexibility index (Phi) is 3.29. The van der Waals surface area contributed by atoms with Crippen molar-refractivity contribution in [1.82, 2.24) is 0 Å². The van der Waals surface area contributed by atoms with E-state index in [1.807, 2.05) is 0 Å². The summed E-state index contributed by atoms with van der Waals surface area (Å²) in [7, 11) is 0. The van der Waals surface area contributed by atoms with Crippen LogP contribution in [0.2, 0.25) is 0 Å². The molecule has 0 spiro atoms. The number of hydrogen-bond acceptors (Lipinski definition) is 4. The zero-order valence-electron chi connectivity index (χ0n) is 9.21. The third kappa shape index (κ3) is 2.67. The van der Waals surface area contributed by atoms with Crippen molar-refractivity contribution in [3.63, 3.8) is 0 Å². The number of carboxylic acid groups (broad SMARTS) is 1. The molecule has 1 heterocycles. The van der Waals surface area contributed by atoms with Crippen molar-refractivity contribution >= 4 is 16.9 Å². The monoisotopic (exact) mass is 249 g/mol. The van der Waals surface area contributed by atoms with Crippen molar-refractivity contribution in [3.8, 4) is 5.75 Å². The molecule has 2 rings (SSSR count). The Balaban J connectivity index is 2.36. The number of carboxylic acids is 1. The van der Waals surface area contributed by atoms with E-state index in [0.29, 0.717) is 10.9 Å². The van der Waals surface area contributed by atoms with Crippen molar-refractivity contribution in [2.45, 2.75) is 6.61 Å². The fourth-order valence-electron chi connectivity index (χ4n) is 1.59. The lowest BCUT2D eigenvalue weighted by Gasteiger charge is -2.05. The van der Waals surface area contributed by atoms with E-state index >= 15 is 0 Å². The number of ether oxygens (including phenoxy) is 1. The van der Waals surface area contributed by atoms with Crippen LogP contribution in [0.1, 0.15) is 5.56 Å². The highest BCUT2D eigenvalue weighted by Crippen LogP contribution is 2.24. The van der Waals surface area contributed by atoms with E-state index in [-0.39, 0.29) is 17.9 Å². The van der Waals surface area contributed by atoms with Crippen molar-refractivity contribution in [1.29, 1.82) is 0 Å². The molecule has 0 unspecified atom stereocenters. The average molecular weight is 249 g/mol. The first-order chi connectivity index (χ1) is 8.56. The van der Waals surface area contributed by atoms with E-state index < -0.39 is 18.2 Å². The normalized spacial score (nSPS) is 10.7. The highest BCUT2D eigenvalue weighted by Gasteiger charge is 2.08. The van der Waals surface area contributed by atoms with Gasteiger partial charge in [0.25, 0.3) is 0 Å². The van der Waals surface area contributed by atoms with Crippen LogP contribution in [-0.4, -0.2) is 17.7 Å². The fourth-order valence-corrected chi connectivity index (χ4v) is 1.59. The highest BCUT2D eigenvalue weighted by atomic mass is 16.5. The van der Waals surface area contributed by atoms with Crippen LogP contribution < -0.4 is 5.63 Å². The van der Waals surface area contributed by atoms with E-state index in [1.54, 1.807) is 0 Å². The molecule has 1 aromatic carbocycles. The fraction of sp³-hybridized carbons (Fsp3) is 0.167. The second kappa shape index (κ2) is 4.89. The lowest BCUT2D eigenvalue weighted by Crippen LogP contribution is -2.07. The Morgan fingerprint density at radius 3 is 2.83 bits per heavy atom. The third-order valence-corrected chi connectivity index (χ3v) is 2.28. The molecule has 1 N–H and O–H groups in total. The van der Waals surface area contributed by atoms with Crippen LogP contribution in [0.4, 0.5) is 0 Å². The van der Waals surface area contributed by atoms with Crippen molar-refractivity contribution in [3.05, 3.63) is 40.2 Å². The number of aliphatic carboxylic acids is 1. The van der Waals surface area contributed by atoms with Gasteiger partial charge in [0.1, 0.15) is 12.2 Å². The molecule has 0 amide bonds. The molecule has 1 radical (unpaired) electrons. The summed E-state index contributed by atoms with van der Waals surface area (Å²) < 4.78 is 9.80. The van der Waals surface area contributed by atoms with E-state index in [0.717, 1.165) is 0 Å². The summed E-state index contributed by atoms with van der Waals surface area (Å²) in [6.07, 6.45) is 0. The first kappa shape index (κ1) is 12.1. The molecule has 6 nitrogen and oxygen atoms in total. The van der Waals surface area contributed by atoms with Gasteiger partial charge in [0.2, 0.25) is 0 Å². The molecule has 0 aliphatic carbocycles. The van der Waals surface area contributed by atoms with Crippen LogP contribution in [0.3, 0.4) is 0 Å². The first-order valence-electron chi connectivity index (χ1n) is 5.09. The van der Waals surface area contributed by atoms with Crippen LogP contribution in [-0.2, 0) is 21.2 Å². The second-order valence-electron chi connectivity index (χ2n) is 3.64. The highest BCUT2D eigenvalue weighted by molar-refractivity contribution is 5.81. The number of fused-ring (bicyclic) bond motifs is 1. The van der Waals surface area contributed by atoms with Crippen LogP contribution in [0.15, 0.2) is 33.5 Å². The summed E-state index contributed by atoms with van der Waals surface area (Å²) >= 11 is 0. The van der Waals surface area contributed by atoms with Gasteiger partial charge in [-0.2, -0.15) is 0 Å². The van der Waals surface area contributed by atoms with Crippen LogP contribution >= 0.6 is 0 Å². The second-order valence-corrected chi connectivity index (χ2v) is 3.64. The van der Waals surface area contributed by atoms with Gasteiger partial charge in [0.05, 0.1) is 6.61 Å². The molecule has 0 aliphatic rings. The topological polar surface area (TPSA) is 96.6 Å². The van der Waals surface area contributed by atoms with Crippen LogP contribution in [0.5, 0.6) is 5.75 Å². The van der Waals surface area contributed by atoms with Gasteiger partial charge >= 0.3 is 11.6 Å². The van der Waals surface area contributed by atoms with E-state index in [2.05, 4.69) is 0 Å². The van der Waals surface area contributed by atoms with E-state index in [9.17, 15) is 14.7 Å². The Hall–Kier alpha value is -2.34. The zero-order chi connectivity index (χ0) is 13.1. The molecule has 0 saturated heterocycles. The predicted octanol–water partition coefficient (Wildman–Crippen LogP) is 1.54. The third-order valence-electron chi connectivity index (χ3n) is 2.28. The summed E-state index contributed by atoms with van der Waals surface area (Å²) in [4.78, 5) is 21.3. The molecule has 0 atom stereocenters. The first-order valence-corrected chi connectivity index (χ1v) is 5.09. The number of benzene rings is 1. The maximum absolute atomic E-state index is 11.4. The van der Waals surface area contributed by atoms with Crippen molar-refractivity contribution in [2.75, 3.05) is 6.61 Å². The number of hydrogen-bond donors (Lipinski definition) is 1. The van der Waals surface area contributed by atoms with Gasteiger partial charge in [-0.1, -0.05) is 0 Å². The lowest BCUT2D eigenvalue weighted by atomic mass is 10.1. The number of carbonyl (C=O) groups is 1. The standard InChI is InChI=1S/C12H9O6/c13-8-3-7(5-17-6-11(14)15)9-1-2-12(16)18-10(9)4-8/h1-4H,5-6H2,(H,14,15). The minimum atomic E-state index is -1.09. The largest absolute Gasteiger partial charge is 0.480 e. The Bertz CT molecular complexity index is 643. The molecule has 6 heteroatoms. The summed E-state index contributed by atoms with van der Waals surface area (Å²) in [6.45, 7) is -0.492. The summed E-state index contributed by atoms with van der Waals surface area (Å²) in [5, 5.41) is 20.4. The molecule has 0 bridgehead atoms. The molecule has 18 heavy (non-hydrogen) atoms. The van der Waals surface area contributed by atoms with Crippen molar-refractivity contribution in [2.24, 2.45) is 0 Å². The molecule has 0 saturated carbocycles. The summed E-state index contributed by atoms with van der Waals surface area (Å²) in [5.41, 5.74) is 0.108. The van der Waals surface area contributed by atoms with Crippen LogP contribution in [0.25, 0.3) is 11.0 Å². The smallest absolute Gasteiger partial charge is 0.336 e. The molecule has 2 aromatic rings. The SMILES string of the molecule is [O]c1cc(COCC(=O)O)c2ccc(=O)oc2c1.